The van der Waals surface area contributed by atoms with Crippen molar-refractivity contribution in [2.45, 2.75) is 58.8 Å². The first-order valence-electron chi connectivity index (χ1n) is 9.01. The van der Waals surface area contributed by atoms with Crippen LogP contribution in [0, 0.1) is 11.8 Å². The summed E-state index contributed by atoms with van der Waals surface area (Å²) < 4.78 is 5.58. The Balaban J connectivity index is 2.34. The van der Waals surface area contributed by atoms with Crippen LogP contribution in [0.15, 0.2) is 23.3 Å². The molecular weight excluding hydrogens is 306 g/mol. The van der Waals surface area contributed by atoms with Gasteiger partial charge in [0.25, 0.3) is 0 Å². The van der Waals surface area contributed by atoms with Gasteiger partial charge in [-0.15, -0.1) is 0 Å². The molecule has 0 aromatic heterocycles. The first-order chi connectivity index (χ1) is 11.4. The highest BCUT2D eigenvalue weighted by atomic mass is 16.6. The lowest BCUT2D eigenvalue weighted by Crippen LogP contribution is -2.39. The number of rotatable bonds is 4. The maximum absolute atomic E-state index is 12.4. The van der Waals surface area contributed by atoms with E-state index in [1.54, 1.807) is 0 Å². The molecule has 24 heavy (non-hydrogen) atoms. The summed E-state index contributed by atoms with van der Waals surface area (Å²) >= 11 is 0. The van der Waals surface area contributed by atoms with Crippen molar-refractivity contribution < 1.29 is 19.7 Å². The minimum atomic E-state index is -0.721. The predicted octanol–water partition coefficient (Wildman–Crippen LogP) is 1.89. The zero-order valence-electron chi connectivity index (χ0n) is 15.2. The van der Waals surface area contributed by atoms with Gasteiger partial charge in [0, 0.05) is 12.5 Å². The van der Waals surface area contributed by atoms with Crippen LogP contribution in [0.2, 0.25) is 0 Å². The predicted molar refractivity (Wildman–Crippen MR) is 93.4 cm³/mol. The molecule has 1 aliphatic carbocycles. The van der Waals surface area contributed by atoms with E-state index in [1.807, 2.05) is 26.0 Å². The van der Waals surface area contributed by atoms with Crippen molar-refractivity contribution in [3.05, 3.63) is 23.3 Å². The van der Waals surface area contributed by atoms with Crippen molar-refractivity contribution >= 4 is 5.97 Å². The van der Waals surface area contributed by atoms with Crippen LogP contribution in [0.4, 0.5) is 0 Å². The molecule has 1 saturated heterocycles. The van der Waals surface area contributed by atoms with Crippen LogP contribution in [0.3, 0.4) is 0 Å². The van der Waals surface area contributed by atoms with E-state index in [0.717, 1.165) is 30.7 Å². The zero-order valence-corrected chi connectivity index (χ0v) is 15.2. The fraction of sp³-hybridized carbons (Fsp3) is 0.737. The van der Waals surface area contributed by atoms with Crippen molar-refractivity contribution in [2.24, 2.45) is 11.8 Å². The maximum Gasteiger partial charge on any atom is 0.311 e. The molecule has 5 heteroatoms. The Morgan fingerprint density at radius 3 is 2.50 bits per heavy atom. The Labute approximate surface area is 145 Å². The second-order valence-corrected chi connectivity index (χ2v) is 7.04. The molecule has 1 aliphatic heterocycles. The summed E-state index contributed by atoms with van der Waals surface area (Å²) in [5.74, 6) is -0.914. The molecule has 2 rings (SSSR count). The third-order valence-corrected chi connectivity index (χ3v) is 5.36. The standard InChI is InChI=1S/C19H31NO4/c1-5-20(6-2)11-14-18-16(22)9-12(3)7-8-15(21)13(4)10-17(18)24-19(14)23/h9-10,14-18,21-22H,5-8,11H2,1-4H3/b12-9+,13-10+/t14?,15-,16+,17-,18?/m0/s1. The summed E-state index contributed by atoms with van der Waals surface area (Å²) in [5, 5.41) is 21.0. The fourth-order valence-electron chi connectivity index (χ4n) is 3.67. The number of carbonyl (C=O) groups is 1. The number of allylic oxidation sites excluding steroid dienone is 1. The van der Waals surface area contributed by atoms with Gasteiger partial charge >= 0.3 is 5.97 Å². The van der Waals surface area contributed by atoms with Crippen LogP contribution < -0.4 is 0 Å². The lowest BCUT2D eigenvalue weighted by atomic mass is 9.82. The fourth-order valence-corrected chi connectivity index (χ4v) is 3.67. The van der Waals surface area contributed by atoms with E-state index < -0.39 is 18.3 Å². The zero-order chi connectivity index (χ0) is 17.9. The van der Waals surface area contributed by atoms with Gasteiger partial charge in [0.2, 0.25) is 0 Å². The van der Waals surface area contributed by atoms with Crippen molar-refractivity contribution in [1.29, 1.82) is 0 Å². The second kappa shape index (κ2) is 8.28. The molecule has 2 aliphatic rings. The molecule has 0 saturated carbocycles. The molecule has 1 fully saturated rings. The molecule has 0 bridgehead atoms. The van der Waals surface area contributed by atoms with E-state index in [-0.39, 0.29) is 17.8 Å². The van der Waals surface area contributed by atoms with Gasteiger partial charge in [0.05, 0.1) is 18.1 Å². The summed E-state index contributed by atoms with van der Waals surface area (Å²) in [6, 6.07) is 0. The third-order valence-electron chi connectivity index (χ3n) is 5.36. The first kappa shape index (κ1) is 19.2. The number of esters is 1. The number of aliphatic hydroxyl groups is 2. The van der Waals surface area contributed by atoms with Crippen LogP contribution in [0.1, 0.15) is 40.5 Å². The van der Waals surface area contributed by atoms with Crippen molar-refractivity contribution in [3.8, 4) is 0 Å². The third kappa shape index (κ3) is 4.26. The minimum Gasteiger partial charge on any atom is -0.457 e. The van der Waals surface area contributed by atoms with Gasteiger partial charge in [0.15, 0.2) is 0 Å². The van der Waals surface area contributed by atoms with Gasteiger partial charge in [-0.2, -0.15) is 0 Å². The summed E-state index contributed by atoms with van der Waals surface area (Å²) in [5.41, 5.74) is 1.85. The molecule has 0 amide bonds. The van der Waals surface area contributed by atoms with Gasteiger partial charge in [-0.05, 0) is 51.4 Å². The van der Waals surface area contributed by atoms with Crippen LogP contribution in [-0.2, 0) is 9.53 Å². The molecule has 0 spiro atoms. The van der Waals surface area contributed by atoms with Crippen molar-refractivity contribution in [2.75, 3.05) is 19.6 Å². The van der Waals surface area contributed by atoms with Crippen LogP contribution in [-0.4, -0.2) is 59.0 Å². The van der Waals surface area contributed by atoms with Crippen LogP contribution >= 0.6 is 0 Å². The minimum absolute atomic E-state index is 0.250. The van der Waals surface area contributed by atoms with E-state index >= 15 is 0 Å². The highest BCUT2D eigenvalue weighted by molar-refractivity contribution is 5.76. The van der Waals surface area contributed by atoms with E-state index in [9.17, 15) is 15.0 Å². The molecule has 1 heterocycles. The first-order valence-corrected chi connectivity index (χ1v) is 9.01. The molecule has 5 atom stereocenters. The number of nitrogens with zero attached hydrogens (tertiary/aromatic N) is 1. The van der Waals surface area contributed by atoms with E-state index in [1.165, 1.54) is 0 Å². The highest BCUT2D eigenvalue weighted by Crippen LogP contribution is 2.35. The van der Waals surface area contributed by atoms with Gasteiger partial charge < -0.3 is 19.8 Å². The molecule has 0 aromatic carbocycles. The number of ether oxygens (including phenoxy) is 1. The molecule has 0 aromatic rings. The summed E-state index contributed by atoms with van der Waals surface area (Å²) in [7, 11) is 0. The van der Waals surface area contributed by atoms with Crippen molar-refractivity contribution in [1.82, 2.24) is 4.90 Å². The maximum atomic E-state index is 12.4. The summed E-state index contributed by atoms with van der Waals surface area (Å²) in [4.78, 5) is 14.6. The Kier molecular flexibility index (Phi) is 6.61. The largest absolute Gasteiger partial charge is 0.457 e. The topological polar surface area (TPSA) is 70.0 Å². The quantitative estimate of drug-likeness (QED) is 0.606. The normalized spacial score (nSPS) is 38.8. The Morgan fingerprint density at radius 2 is 1.88 bits per heavy atom. The van der Waals surface area contributed by atoms with E-state index in [4.69, 9.17) is 4.74 Å². The van der Waals surface area contributed by atoms with Crippen LogP contribution in [0.5, 0.6) is 0 Å². The number of hydrogen-bond donors (Lipinski definition) is 2. The highest BCUT2D eigenvalue weighted by Gasteiger charge is 2.47. The summed E-state index contributed by atoms with van der Waals surface area (Å²) in [6.45, 7) is 10.3. The van der Waals surface area contributed by atoms with E-state index in [2.05, 4.69) is 18.7 Å². The van der Waals surface area contributed by atoms with Gasteiger partial charge in [-0.1, -0.05) is 25.5 Å². The van der Waals surface area contributed by atoms with Gasteiger partial charge in [0.1, 0.15) is 6.10 Å². The SMILES string of the molecule is CCN(CC)CC1C(=O)O[C@H]2/C=C(\C)[C@@H](O)CC/C(C)=C/[C@@H](O)C12. The molecule has 136 valence electrons. The molecule has 5 nitrogen and oxygen atoms in total. The Hall–Kier alpha value is -1.17. The van der Waals surface area contributed by atoms with E-state index in [0.29, 0.717) is 13.0 Å². The number of hydrogen-bond acceptors (Lipinski definition) is 5. The van der Waals surface area contributed by atoms with Gasteiger partial charge in [-0.3, -0.25) is 4.79 Å². The smallest absolute Gasteiger partial charge is 0.311 e. The van der Waals surface area contributed by atoms with Gasteiger partial charge in [-0.25, -0.2) is 0 Å². The molecule has 2 N–H and O–H groups in total. The Morgan fingerprint density at radius 1 is 1.21 bits per heavy atom. The monoisotopic (exact) mass is 337 g/mol. The average Bonchev–Trinajstić information content (AvgIpc) is 2.84. The van der Waals surface area contributed by atoms with Crippen LogP contribution in [0.25, 0.3) is 0 Å². The lowest BCUT2D eigenvalue weighted by molar-refractivity contribution is -0.143. The lowest BCUT2D eigenvalue weighted by Gasteiger charge is -2.28. The number of carbonyl (C=O) groups excluding carboxylic acids is 1. The Bertz CT molecular complexity index is 509. The number of aliphatic hydroxyl groups excluding tert-OH is 2. The number of fused-ring (bicyclic) bond motifs is 1. The van der Waals surface area contributed by atoms with Crippen molar-refractivity contribution in [3.63, 3.8) is 0 Å². The summed E-state index contributed by atoms with van der Waals surface area (Å²) in [6.07, 6.45) is 3.27. The average molecular weight is 337 g/mol. The molecule has 0 radical (unpaired) electrons. The molecule has 2 unspecified atom stereocenters. The second-order valence-electron chi connectivity index (χ2n) is 7.04. The molecular formula is C19H31NO4.